The van der Waals surface area contributed by atoms with E-state index in [1.807, 2.05) is 86.6 Å². The topological polar surface area (TPSA) is 83.8 Å². The van der Waals surface area contributed by atoms with Gasteiger partial charge in [0.25, 0.3) is 15.7 Å². The van der Waals surface area contributed by atoms with Crippen molar-refractivity contribution in [1.29, 1.82) is 0 Å². The zero-order valence-electron chi connectivity index (χ0n) is 25.7. The first-order chi connectivity index (χ1) is 20.7. The van der Waals surface area contributed by atoms with Crippen molar-refractivity contribution in [2.45, 2.75) is 52.2 Å². The summed E-state index contributed by atoms with van der Waals surface area (Å²) in [6.45, 7) is 9.99. The van der Waals surface area contributed by atoms with Crippen molar-refractivity contribution in [3.8, 4) is 22.7 Å². The van der Waals surface area contributed by atoms with Gasteiger partial charge in [0.05, 0.1) is 18.7 Å². The molecule has 0 saturated heterocycles. The molecule has 0 aliphatic rings. The normalized spacial score (nSPS) is 13.8. The summed E-state index contributed by atoms with van der Waals surface area (Å²) >= 11 is 0. The van der Waals surface area contributed by atoms with E-state index in [1.165, 1.54) is 12.1 Å². The van der Waals surface area contributed by atoms with E-state index in [-0.39, 0.29) is 5.82 Å². The first-order valence-corrected chi connectivity index (χ1v) is 18.2. The molecule has 44 heavy (non-hydrogen) atoms. The Hall–Kier alpha value is -3.79. The van der Waals surface area contributed by atoms with E-state index in [2.05, 4.69) is 32.4 Å². The zero-order chi connectivity index (χ0) is 32.1. The molecule has 0 amide bonds. The highest BCUT2D eigenvalue weighted by molar-refractivity contribution is 7.63. The second-order valence-corrected chi connectivity index (χ2v) is 18.4. The Morgan fingerprint density at radius 2 is 1.48 bits per heavy atom. The molecule has 4 rings (SSSR count). The lowest BCUT2D eigenvalue weighted by Crippen LogP contribution is -2.68. The number of hydrogen-bond donors (Lipinski definition) is 2. The number of hydrogen-bond acceptors (Lipinski definition) is 3. The second-order valence-electron chi connectivity index (χ2n) is 12.1. The van der Waals surface area contributed by atoms with Gasteiger partial charge in [0.2, 0.25) is 0 Å². The molecule has 8 heteroatoms. The molecule has 0 aliphatic heterocycles. The Labute approximate surface area is 260 Å². The largest absolute Gasteiger partial charge is 0.481 e. The van der Waals surface area contributed by atoms with Crippen LogP contribution in [0, 0.1) is 31.2 Å². The van der Waals surface area contributed by atoms with E-state index in [9.17, 15) is 23.7 Å². The number of carbonyl (C=O) groups is 1. The smallest absolute Gasteiger partial charge is 0.305 e. The van der Waals surface area contributed by atoms with Gasteiger partial charge in [0.15, 0.2) is 0 Å². The van der Waals surface area contributed by atoms with Crippen molar-refractivity contribution in [3.63, 3.8) is 0 Å². The lowest BCUT2D eigenvalue weighted by Gasteiger charge is -2.45. The van der Waals surface area contributed by atoms with E-state index < -0.39 is 45.4 Å². The first-order valence-electron chi connectivity index (χ1n) is 14.4. The highest BCUT2D eigenvalue weighted by atomic mass is 31.2. The van der Waals surface area contributed by atoms with E-state index >= 15 is 0 Å². The summed E-state index contributed by atoms with van der Waals surface area (Å²) in [4.78, 5) is 23.3. The third-order valence-corrected chi connectivity index (χ3v) is 14.1. The summed E-state index contributed by atoms with van der Waals surface area (Å²) in [7, 11) is -7.44. The second kappa shape index (κ2) is 13.5. The number of aliphatic carboxylic acids is 1. The standard InChI is InChI=1S/C36H38FO5PSi/c1-26-22-27(2)33(34(23-26)28-16-18-29(37)19-17-28)20-21-43(40,41)25-30(24-35(38)39)42-44(36(3,4)5,31-12-8-6-9-13-31)32-14-10-7-11-15-32/h6-19,22-23,30H,24-25H2,1-5H3,(H,38,39)(H,40,41)/t30-/m0/s1. The number of carboxylic acids is 1. The molecule has 228 valence electrons. The average Bonchev–Trinajstić information content (AvgIpc) is 2.95. The van der Waals surface area contributed by atoms with Gasteiger partial charge in [-0.2, -0.15) is 0 Å². The summed E-state index contributed by atoms with van der Waals surface area (Å²) < 4.78 is 34.3. The van der Waals surface area contributed by atoms with Crippen molar-refractivity contribution in [2.75, 3.05) is 6.16 Å². The third-order valence-electron chi connectivity index (χ3n) is 7.60. The van der Waals surface area contributed by atoms with Gasteiger partial charge in [-0.25, -0.2) is 4.39 Å². The molecule has 0 radical (unpaired) electrons. The minimum absolute atomic E-state index is 0.365. The monoisotopic (exact) mass is 628 g/mol. The SMILES string of the molecule is Cc1cc(C)c(C#CP(=O)(O)C[C@H](CC(=O)O)O[Si](c2ccccc2)(c2ccccc2)C(C)(C)C)c(-c2ccc(F)cc2)c1. The molecule has 0 saturated carbocycles. The Morgan fingerprint density at radius 3 is 1.98 bits per heavy atom. The molecular weight excluding hydrogens is 590 g/mol. The van der Waals surface area contributed by atoms with Crippen LogP contribution < -0.4 is 10.4 Å². The molecule has 2 atom stereocenters. The molecule has 0 fully saturated rings. The fourth-order valence-electron chi connectivity index (χ4n) is 5.74. The fraction of sp³-hybridized carbons (Fsp3) is 0.250. The van der Waals surface area contributed by atoms with Crippen LogP contribution in [-0.2, 0) is 13.8 Å². The molecule has 0 bridgehead atoms. The van der Waals surface area contributed by atoms with Gasteiger partial charge < -0.3 is 14.4 Å². The number of aryl methyl sites for hydroxylation is 2. The van der Waals surface area contributed by atoms with Crippen molar-refractivity contribution in [3.05, 3.63) is 120 Å². The van der Waals surface area contributed by atoms with Gasteiger partial charge in [-0.05, 0) is 63.7 Å². The van der Waals surface area contributed by atoms with Crippen LogP contribution in [0.3, 0.4) is 0 Å². The van der Waals surface area contributed by atoms with E-state index in [4.69, 9.17) is 4.43 Å². The lowest BCUT2D eigenvalue weighted by atomic mass is 9.94. The third kappa shape index (κ3) is 7.64. The van der Waals surface area contributed by atoms with Crippen LogP contribution >= 0.6 is 7.37 Å². The van der Waals surface area contributed by atoms with E-state index in [1.54, 1.807) is 12.1 Å². The van der Waals surface area contributed by atoms with Crippen LogP contribution in [0.4, 0.5) is 4.39 Å². The molecular formula is C36H38FO5PSi. The lowest BCUT2D eigenvalue weighted by molar-refractivity contribution is -0.138. The van der Waals surface area contributed by atoms with Crippen LogP contribution in [0.2, 0.25) is 5.04 Å². The van der Waals surface area contributed by atoms with Crippen molar-refractivity contribution < 1.29 is 28.2 Å². The number of carboxylic acid groups (broad SMARTS) is 1. The molecule has 0 aliphatic carbocycles. The Morgan fingerprint density at radius 1 is 0.932 bits per heavy atom. The molecule has 0 heterocycles. The van der Waals surface area contributed by atoms with Gasteiger partial charge in [0.1, 0.15) is 5.82 Å². The summed E-state index contributed by atoms with van der Waals surface area (Å²) in [6, 6.07) is 29.3. The molecule has 4 aromatic rings. The summed E-state index contributed by atoms with van der Waals surface area (Å²) in [5.41, 5.74) is 6.38. The van der Waals surface area contributed by atoms with Crippen LogP contribution in [0.1, 0.15) is 43.9 Å². The molecule has 0 aromatic heterocycles. The van der Waals surface area contributed by atoms with Crippen LogP contribution in [-0.4, -0.2) is 36.6 Å². The fourth-order valence-corrected chi connectivity index (χ4v) is 11.7. The number of benzene rings is 4. The Bertz CT molecular complexity index is 1680. The van der Waals surface area contributed by atoms with Gasteiger partial charge in [-0.1, -0.05) is 117 Å². The predicted octanol–water partition coefficient (Wildman–Crippen LogP) is 7.11. The van der Waals surface area contributed by atoms with Gasteiger partial charge in [0, 0.05) is 5.56 Å². The highest BCUT2D eigenvalue weighted by Crippen LogP contribution is 2.44. The maximum Gasteiger partial charge on any atom is 0.305 e. The van der Waals surface area contributed by atoms with Crippen LogP contribution in [0.5, 0.6) is 0 Å². The predicted molar refractivity (Wildman–Crippen MR) is 178 cm³/mol. The molecule has 1 unspecified atom stereocenters. The van der Waals surface area contributed by atoms with Gasteiger partial charge in [-0.3, -0.25) is 9.36 Å². The van der Waals surface area contributed by atoms with Crippen molar-refractivity contribution in [2.24, 2.45) is 0 Å². The first kappa shape index (κ1) is 33.1. The van der Waals surface area contributed by atoms with Crippen molar-refractivity contribution in [1.82, 2.24) is 0 Å². The summed E-state index contributed by atoms with van der Waals surface area (Å²) in [5, 5.41) is 11.3. The van der Waals surface area contributed by atoms with Gasteiger partial charge >= 0.3 is 5.97 Å². The van der Waals surface area contributed by atoms with Crippen LogP contribution in [0.25, 0.3) is 11.1 Å². The molecule has 5 nitrogen and oxygen atoms in total. The average molecular weight is 629 g/mol. The number of rotatable bonds is 9. The maximum atomic E-state index is 13.7. The van der Waals surface area contributed by atoms with Gasteiger partial charge in [-0.15, -0.1) is 0 Å². The Balaban J connectivity index is 1.78. The highest BCUT2D eigenvalue weighted by Gasteiger charge is 2.52. The quantitative estimate of drug-likeness (QED) is 0.117. The van der Waals surface area contributed by atoms with E-state index in [0.29, 0.717) is 5.56 Å². The minimum Gasteiger partial charge on any atom is -0.481 e. The van der Waals surface area contributed by atoms with E-state index in [0.717, 1.165) is 32.6 Å². The molecule has 0 spiro atoms. The van der Waals surface area contributed by atoms with Crippen LogP contribution in [0.15, 0.2) is 97.1 Å². The number of halogens is 1. The summed E-state index contributed by atoms with van der Waals surface area (Å²) in [5.74, 6) is 1.43. The summed E-state index contributed by atoms with van der Waals surface area (Å²) in [6.07, 6.45) is -1.99. The minimum atomic E-state index is -4.23. The maximum absolute atomic E-state index is 13.7. The molecule has 4 aromatic carbocycles. The Kier molecular flexibility index (Phi) is 10.1. The zero-order valence-corrected chi connectivity index (χ0v) is 27.6. The van der Waals surface area contributed by atoms with Crippen molar-refractivity contribution >= 4 is 32.0 Å². The molecule has 2 N–H and O–H groups in total.